The molecule has 0 radical (unpaired) electrons. The third-order valence-electron chi connectivity index (χ3n) is 3.58. The lowest BCUT2D eigenvalue weighted by molar-refractivity contribution is 0.0984. The summed E-state index contributed by atoms with van der Waals surface area (Å²) in [7, 11) is 0. The Morgan fingerprint density at radius 2 is 1.85 bits per heavy atom. The molecule has 20 heavy (non-hydrogen) atoms. The van der Waals surface area contributed by atoms with Gasteiger partial charge in [0.1, 0.15) is 0 Å². The monoisotopic (exact) mass is 269 g/mol. The highest BCUT2D eigenvalue weighted by atomic mass is 16.3. The number of fused-ring (bicyclic) bond motifs is 1. The predicted molar refractivity (Wildman–Crippen MR) is 76.2 cm³/mol. The number of aryl methyl sites for hydroxylation is 1. The largest absolute Gasteiger partial charge is 0.504 e. The van der Waals surface area contributed by atoms with Crippen LogP contribution in [0.1, 0.15) is 22.3 Å². The van der Waals surface area contributed by atoms with Crippen molar-refractivity contribution in [2.45, 2.75) is 12.8 Å². The average Bonchev–Trinajstić information content (AvgIpc) is 2.49. The number of carbonyl (C=O) groups is 1. The van der Waals surface area contributed by atoms with Crippen molar-refractivity contribution in [3.63, 3.8) is 0 Å². The first-order valence-corrected chi connectivity index (χ1v) is 6.58. The van der Waals surface area contributed by atoms with Gasteiger partial charge in [-0.25, -0.2) is 0 Å². The summed E-state index contributed by atoms with van der Waals surface area (Å²) in [6, 6.07) is 12.0. The fraction of sp³-hybridized carbons (Fsp3) is 0.188. The molecule has 3 rings (SSSR count). The molecule has 0 bridgehead atoms. The fourth-order valence-corrected chi connectivity index (χ4v) is 2.56. The number of para-hydroxylation sites is 1. The van der Waals surface area contributed by atoms with E-state index in [0.29, 0.717) is 12.1 Å². The van der Waals surface area contributed by atoms with Crippen molar-refractivity contribution in [3.05, 3.63) is 53.6 Å². The van der Waals surface area contributed by atoms with E-state index in [1.165, 1.54) is 18.2 Å². The zero-order valence-electron chi connectivity index (χ0n) is 10.9. The number of benzene rings is 2. The molecule has 2 aromatic rings. The number of nitrogens with zero attached hydrogens (tertiary/aromatic N) is 1. The second-order valence-corrected chi connectivity index (χ2v) is 4.89. The second-order valence-electron chi connectivity index (χ2n) is 4.89. The van der Waals surface area contributed by atoms with Crippen LogP contribution in [-0.2, 0) is 6.42 Å². The van der Waals surface area contributed by atoms with Crippen LogP contribution in [0.3, 0.4) is 0 Å². The SMILES string of the molecule is O=C(c1ccc(O)c(O)c1)N1CCCc2ccccc21. The number of carbonyl (C=O) groups excluding carboxylic acids is 1. The first kappa shape index (κ1) is 12.5. The number of rotatable bonds is 1. The van der Waals surface area contributed by atoms with E-state index >= 15 is 0 Å². The number of hydrogen-bond acceptors (Lipinski definition) is 3. The molecule has 2 N–H and O–H groups in total. The van der Waals surface area contributed by atoms with Gasteiger partial charge in [0.05, 0.1) is 0 Å². The minimum absolute atomic E-state index is 0.160. The van der Waals surface area contributed by atoms with Crippen molar-refractivity contribution in [2.24, 2.45) is 0 Å². The molecule has 0 atom stereocenters. The number of anilines is 1. The summed E-state index contributed by atoms with van der Waals surface area (Å²) in [5, 5.41) is 18.8. The van der Waals surface area contributed by atoms with E-state index in [9.17, 15) is 15.0 Å². The standard InChI is InChI=1S/C16H15NO3/c18-14-8-7-12(10-15(14)19)16(20)17-9-3-5-11-4-1-2-6-13(11)17/h1-2,4,6-8,10,18-19H,3,5,9H2. The van der Waals surface area contributed by atoms with E-state index in [4.69, 9.17) is 0 Å². The molecule has 0 unspecified atom stereocenters. The molecule has 0 aliphatic carbocycles. The van der Waals surface area contributed by atoms with Crippen molar-refractivity contribution in [2.75, 3.05) is 11.4 Å². The quantitative estimate of drug-likeness (QED) is 0.782. The van der Waals surface area contributed by atoms with Crippen LogP contribution in [0.4, 0.5) is 5.69 Å². The molecule has 0 spiro atoms. The summed E-state index contributed by atoms with van der Waals surface area (Å²) in [4.78, 5) is 14.3. The van der Waals surface area contributed by atoms with Gasteiger partial charge in [0, 0.05) is 17.8 Å². The Kier molecular flexibility index (Phi) is 3.06. The maximum atomic E-state index is 12.6. The lowest BCUT2D eigenvalue weighted by Gasteiger charge is -2.29. The van der Waals surface area contributed by atoms with E-state index in [1.54, 1.807) is 4.90 Å². The minimum atomic E-state index is -0.277. The molecule has 2 aromatic carbocycles. The van der Waals surface area contributed by atoms with Gasteiger partial charge in [0.2, 0.25) is 0 Å². The third kappa shape index (κ3) is 2.09. The summed E-state index contributed by atoms with van der Waals surface area (Å²) < 4.78 is 0. The molecule has 1 amide bonds. The number of phenolic OH excluding ortho intramolecular Hbond substituents is 2. The highest BCUT2D eigenvalue weighted by Crippen LogP contribution is 2.30. The lowest BCUT2D eigenvalue weighted by Crippen LogP contribution is -2.35. The van der Waals surface area contributed by atoms with Gasteiger partial charge in [0.15, 0.2) is 11.5 Å². The van der Waals surface area contributed by atoms with Gasteiger partial charge < -0.3 is 15.1 Å². The van der Waals surface area contributed by atoms with Crippen molar-refractivity contribution in [3.8, 4) is 11.5 Å². The Morgan fingerprint density at radius 1 is 1.05 bits per heavy atom. The van der Waals surface area contributed by atoms with Gasteiger partial charge in [-0.2, -0.15) is 0 Å². The van der Waals surface area contributed by atoms with E-state index < -0.39 is 0 Å². The summed E-state index contributed by atoms with van der Waals surface area (Å²) in [5.41, 5.74) is 2.46. The van der Waals surface area contributed by atoms with Crippen LogP contribution < -0.4 is 4.90 Å². The van der Waals surface area contributed by atoms with Crippen LogP contribution >= 0.6 is 0 Å². The van der Waals surface area contributed by atoms with Gasteiger partial charge in [-0.3, -0.25) is 4.79 Å². The molecule has 0 saturated carbocycles. The zero-order chi connectivity index (χ0) is 14.1. The first-order valence-electron chi connectivity index (χ1n) is 6.58. The normalized spacial score (nSPS) is 13.9. The summed E-state index contributed by atoms with van der Waals surface area (Å²) in [6.45, 7) is 0.664. The molecule has 1 heterocycles. The van der Waals surface area contributed by atoms with E-state index in [2.05, 4.69) is 0 Å². The van der Waals surface area contributed by atoms with Crippen LogP contribution in [0, 0.1) is 0 Å². The molecule has 0 aromatic heterocycles. The third-order valence-corrected chi connectivity index (χ3v) is 3.58. The second kappa shape index (κ2) is 4.89. The number of amides is 1. The maximum absolute atomic E-state index is 12.6. The van der Waals surface area contributed by atoms with Crippen LogP contribution in [0.15, 0.2) is 42.5 Å². The van der Waals surface area contributed by atoms with Crippen LogP contribution in [0.5, 0.6) is 11.5 Å². The lowest BCUT2D eigenvalue weighted by atomic mass is 10.0. The predicted octanol–water partition coefficient (Wildman–Crippen LogP) is 2.69. The van der Waals surface area contributed by atoms with Crippen LogP contribution in [-0.4, -0.2) is 22.7 Å². The Hall–Kier alpha value is -2.49. The number of phenols is 2. The Balaban J connectivity index is 1.97. The van der Waals surface area contributed by atoms with Gasteiger partial charge in [0.25, 0.3) is 5.91 Å². The Bertz CT molecular complexity index is 667. The Labute approximate surface area is 116 Å². The van der Waals surface area contributed by atoms with Gasteiger partial charge in [-0.1, -0.05) is 18.2 Å². The summed E-state index contributed by atoms with van der Waals surface area (Å²) in [6.07, 6.45) is 1.90. The minimum Gasteiger partial charge on any atom is -0.504 e. The van der Waals surface area contributed by atoms with Crippen molar-refractivity contribution >= 4 is 11.6 Å². The topological polar surface area (TPSA) is 60.8 Å². The molecule has 4 nitrogen and oxygen atoms in total. The molecule has 1 aliphatic rings. The highest BCUT2D eigenvalue weighted by Gasteiger charge is 2.23. The molecular weight excluding hydrogens is 254 g/mol. The Morgan fingerprint density at radius 3 is 2.65 bits per heavy atom. The van der Waals surface area contributed by atoms with Gasteiger partial charge in [-0.15, -0.1) is 0 Å². The smallest absolute Gasteiger partial charge is 0.258 e. The summed E-state index contributed by atoms with van der Waals surface area (Å²) >= 11 is 0. The fourth-order valence-electron chi connectivity index (χ4n) is 2.56. The highest BCUT2D eigenvalue weighted by molar-refractivity contribution is 6.07. The van der Waals surface area contributed by atoms with Gasteiger partial charge >= 0.3 is 0 Å². The van der Waals surface area contributed by atoms with E-state index in [0.717, 1.165) is 24.1 Å². The van der Waals surface area contributed by atoms with Crippen molar-refractivity contribution in [1.82, 2.24) is 0 Å². The first-order chi connectivity index (χ1) is 9.66. The molecule has 0 saturated heterocycles. The molecule has 102 valence electrons. The van der Waals surface area contributed by atoms with Crippen molar-refractivity contribution in [1.29, 1.82) is 0 Å². The molecule has 4 heteroatoms. The van der Waals surface area contributed by atoms with Gasteiger partial charge in [-0.05, 0) is 42.7 Å². The summed E-state index contributed by atoms with van der Waals surface area (Å²) in [5.74, 6) is -0.658. The van der Waals surface area contributed by atoms with Crippen LogP contribution in [0.2, 0.25) is 0 Å². The maximum Gasteiger partial charge on any atom is 0.258 e. The average molecular weight is 269 g/mol. The molecule has 1 aliphatic heterocycles. The van der Waals surface area contributed by atoms with E-state index in [1.807, 2.05) is 24.3 Å². The number of aromatic hydroxyl groups is 2. The zero-order valence-corrected chi connectivity index (χ0v) is 10.9. The van der Waals surface area contributed by atoms with Crippen molar-refractivity contribution < 1.29 is 15.0 Å². The molecule has 0 fully saturated rings. The van der Waals surface area contributed by atoms with E-state index in [-0.39, 0.29) is 17.4 Å². The molecular formula is C16H15NO3. The number of hydrogen-bond donors (Lipinski definition) is 2. The van der Waals surface area contributed by atoms with Crippen LogP contribution in [0.25, 0.3) is 0 Å².